The summed E-state index contributed by atoms with van der Waals surface area (Å²) in [6.45, 7) is 1.46. The van der Waals surface area contributed by atoms with E-state index in [0.29, 0.717) is 13.1 Å². The van der Waals surface area contributed by atoms with Gasteiger partial charge in [-0.2, -0.15) is 0 Å². The van der Waals surface area contributed by atoms with Gasteiger partial charge in [-0.15, -0.1) is 0 Å². The van der Waals surface area contributed by atoms with Gasteiger partial charge in [0.25, 0.3) is 0 Å². The van der Waals surface area contributed by atoms with E-state index < -0.39 is 5.97 Å². The normalized spacial score (nSPS) is 15.3. The maximum absolute atomic E-state index is 12.5. The molecule has 3 rings (SSSR count). The van der Waals surface area contributed by atoms with Crippen LogP contribution in [-0.4, -0.2) is 59.6 Å². The highest BCUT2D eigenvalue weighted by Crippen LogP contribution is 2.22. The van der Waals surface area contributed by atoms with Gasteiger partial charge in [-0.1, -0.05) is 42.5 Å². The lowest BCUT2D eigenvalue weighted by Gasteiger charge is -2.36. The van der Waals surface area contributed by atoms with Crippen LogP contribution in [0.4, 0.5) is 10.5 Å². The highest BCUT2D eigenvalue weighted by Gasteiger charge is 2.26. The summed E-state index contributed by atoms with van der Waals surface area (Å²) in [5.41, 5.74) is 3.00. The van der Waals surface area contributed by atoms with Crippen LogP contribution in [0.5, 0.6) is 0 Å². The molecule has 6 heteroatoms. The molecule has 2 amide bonds. The van der Waals surface area contributed by atoms with Gasteiger partial charge in [-0.3, -0.25) is 9.69 Å². The van der Waals surface area contributed by atoms with E-state index >= 15 is 0 Å². The molecule has 2 N–H and O–H groups in total. The Bertz CT molecular complexity index is 769. The van der Waals surface area contributed by atoms with Gasteiger partial charge in [0.15, 0.2) is 0 Å². The molecule has 0 radical (unpaired) electrons. The van der Waals surface area contributed by atoms with Crippen molar-refractivity contribution in [2.24, 2.45) is 0 Å². The van der Waals surface area contributed by atoms with Gasteiger partial charge in [0.1, 0.15) is 0 Å². The van der Waals surface area contributed by atoms with E-state index in [-0.39, 0.29) is 18.6 Å². The van der Waals surface area contributed by atoms with Crippen LogP contribution in [0.25, 0.3) is 11.1 Å². The third-order valence-electron chi connectivity index (χ3n) is 5.03. The summed E-state index contributed by atoms with van der Waals surface area (Å²) in [5.74, 6) is -0.807. The third kappa shape index (κ3) is 5.08. The number of nitrogens with one attached hydrogen (secondary N) is 1. The number of likely N-dealkylation sites (tertiary alicyclic amines) is 1. The third-order valence-corrected chi connectivity index (χ3v) is 5.03. The number of carboxylic acids is 1. The number of hydrogen-bond acceptors (Lipinski definition) is 3. The molecule has 0 unspecified atom stereocenters. The topological polar surface area (TPSA) is 72.9 Å². The van der Waals surface area contributed by atoms with Crippen molar-refractivity contribution in [3.63, 3.8) is 0 Å². The number of benzene rings is 2. The average Bonchev–Trinajstić information content (AvgIpc) is 2.69. The predicted molar refractivity (Wildman–Crippen MR) is 106 cm³/mol. The molecular weight excluding hydrogens is 342 g/mol. The number of carbonyl (C=O) groups excluding carboxylic acids is 1. The number of anilines is 1. The predicted octanol–water partition coefficient (Wildman–Crippen LogP) is 3.37. The summed E-state index contributed by atoms with van der Waals surface area (Å²) in [5, 5.41) is 11.8. The minimum Gasteiger partial charge on any atom is -0.480 e. The zero-order valence-corrected chi connectivity index (χ0v) is 15.5. The van der Waals surface area contributed by atoms with Gasteiger partial charge in [-0.25, -0.2) is 4.79 Å². The first kappa shape index (κ1) is 18.9. The standard InChI is InChI=1S/C21H25N3O3/c1-23(19-11-13-24(14-12-19)15-20(25)26)21(27)22-18-9-7-17(8-10-18)16-5-3-2-4-6-16/h2-10,19H,11-15H2,1H3,(H,22,27)(H,25,26). The Morgan fingerprint density at radius 1 is 1.04 bits per heavy atom. The maximum Gasteiger partial charge on any atom is 0.321 e. The Morgan fingerprint density at radius 2 is 1.63 bits per heavy atom. The molecule has 27 heavy (non-hydrogen) atoms. The van der Waals surface area contributed by atoms with Crippen LogP contribution in [0, 0.1) is 0 Å². The van der Waals surface area contributed by atoms with E-state index in [1.807, 2.05) is 47.4 Å². The lowest BCUT2D eigenvalue weighted by atomic mass is 10.0. The minimum atomic E-state index is -0.807. The quantitative estimate of drug-likeness (QED) is 0.850. The van der Waals surface area contributed by atoms with Crippen molar-refractivity contribution in [3.05, 3.63) is 54.6 Å². The molecule has 1 fully saturated rings. The molecule has 1 heterocycles. The Kier molecular flexibility index (Phi) is 6.08. The molecule has 6 nitrogen and oxygen atoms in total. The fourth-order valence-corrected chi connectivity index (χ4v) is 3.41. The van der Waals surface area contributed by atoms with E-state index in [9.17, 15) is 9.59 Å². The van der Waals surface area contributed by atoms with Gasteiger partial charge in [0.2, 0.25) is 0 Å². The molecule has 142 valence electrons. The summed E-state index contributed by atoms with van der Waals surface area (Å²) >= 11 is 0. The number of aliphatic carboxylic acids is 1. The number of urea groups is 1. The second-order valence-electron chi connectivity index (χ2n) is 6.89. The average molecular weight is 367 g/mol. The van der Waals surface area contributed by atoms with E-state index in [0.717, 1.165) is 29.7 Å². The van der Waals surface area contributed by atoms with Crippen molar-refractivity contribution < 1.29 is 14.7 Å². The van der Waals surface area contributed by atoms with Crippen molar-refractivity contribution in [1.82, 2.24) is 9.80 Å². The fraction of sp³-hybridized carbons (Fsp3) is 0.333. The maximum atomic E-state index is 12.5. The van der Waals surface area contributed by atoms with Crippen LogP contribution in [0.2, 0.25) is 0 Å². The summed E-state index contributed by atoms with van der Waals surface area (Å²) in [6.07, 6.45) is 1.56. The highest BCUT2D eigenvalue weighted by atomic mass is 16.4. The molecule has 1 saturated heterocycles. The largest absolute Gasteiger partial charge is 0.480 e. The summed E-state index contributed by atoms with van der Waals surface area (Å²) in [6, 6.07) is 17.9. The van der Waals surface area contributed by atoms with E-state index in [1.54, 1.807) is 11.9 Å². The lowest BCUT2D eigenvalue weighted by Crippen LogP contribution is -2.47. The van der Waals surface area contributed by atoms with Gasteiger partial charge in [-0.05, 0) is 36.1 Å². The summed E-state index contributed by atoms with van der Waals surface area (Å²) in [7, 11) is 1.80. The van der Waals surface area contributed by atoms with Crippen molar-refractivity contribution in [1.29, 1.82) is 0 Å². The van der Waals surface area contributed by atoms with Crippen LogP contribution >= 0.6 is 0 Å². The Balaban J connectivity index is 1.53. The molecule has 2 aromatic carbocycles. The van der Waals surface area contributed by atoms with E-state index in [1.165, 1.54) is 0 Å². The molecule has 0 spiro atoms. The SMILES string of the molecule is CN(C(=O)Nc1ccc(-c2ccccc2)cc1)C1CCN(CC(=O)O)CC1. The molecule has 0 saturated carbocycles. The summed E-state index contributed by atoms with van der Waals surface area (Å²) in [4.78, 5) is 27.0. The number of nitrogens with zero attached hydrogens (tertiary/aromatic N) is 2. The molecule has 0 aromatic heterocycles. The van der Waals surface area contributed by atoms with Crippen molar-refractivity contribution in [3.8, 4) is 11.1 Å². The van der Waals surface area contributed by atoms with Gasteiger partial charge < -0.3 is 15.3 Å². The number of rotatable bonds is 5. The molecule has 0 bridgehead atoms. The molecule has 2 aromatic rings. The van der Waals surface area contributed by atoms with Crippen LogP contribution < -0.4 is 5.32 Å². The summed E-state index contributed by atoms with van der Waals surface area (Å²) < 4.78 is 0. The zero-order chi connectivity index (χ0) is 19.2. The first-order valence-corrected chi connectivity index (χ1v) is 9.16. The monoisotopic (exact) mass is 367 g/mol. The zero-order valence-electron chi connectivity index (χ0n) is 15.5. The molecular formula is C21H25N3O3. The van der Waals surface area contributed by atoms with Gasteiger partial charge in [0.05, 0.1) is 6.54 Å². The van der Waals surface area contributed by atoms with Crippen molar-refractivity contribution in [2.45, 2.75) is 18.9 Å². The lowest BCUT2D eigenvalue weighted by molar-refractivity contribution is -0.138. The second kappa shape index (κ2) is 8.68. The van der Waals surface area contributed by atoms with Gasteiger partial charge in [0, 0.05) is 31.9 Å². The minimum absolute atomic E-state index is 0.0659. The Morgan fingerprint density at radius 3 is 2.22 bits per heavy atom. The number of piperidine rings is 1. The second-order valence-corrected chi connectivity index (χ2v) is 6.89. The van der Waals surface area contributed by atoms with Gasteiger partial charge >= 0.3 is 12.0 Å². The van der Waals surface area contributed by atoms with Crippen molar-refractivity contribution >= 4 is 17.7 Å². The Hall–Kier alpha value is -2.86. The van der Waals surface area contributed by atoms with Crippen LogP contribution in [0.3, 0.4) is 0 Å². The molecule has 1 aliphatic rings. The van der Waals surface area contributed by atoms with Crippen LogP contribution in [-0.2, 0) is 4.79 Å². The molecule has 0 aliphatic carbocycles. The van der Waals surface area contributed by atoms with E-state index in [4.69, 9.17) is 5.11 Å². The van der Waals surface area contributed by atoms with Crippen molar-refractivity contribution in [2.75, 3.05) is 32.0 Å². The van der Waals surface area contributed by atoms with Crippen LogP contribution in [0.1, 0.15) is 12.8 Å². The van der Waals surface area contributed by atoms with Crippen LogP contribution in [0.15, 0.2) is 54.6 Å². The number of amides is 2. The number of hydrogen-bond donors (Lipinski definition) is 2. The van der Waals surface area contributed by atoms with E-state index in [2.05, 4.69) is 17.4 Å². The first-order valence-electron chi connectivity index (χ1n) is 9.16. The number of carboxylic acid groups (broad SMARTS) is 1. The Labute approximate surface area is 159 Å². The smallest absolute Gasteiger partial charge is 0.321 e. The number of carbonyl (C=O) groups is 2. The molecule has 0 atom stereocenters. The molecule has 1 aliphatic heterocycles. The first-order chi connectivity index (χ1) is 13.0. The highest BCUT2D eigenvalue weighted by molar-refractivity contribution is 5.89. The fourth-order valence-electron chi connectivity index (χ4n) is 3.41.